The van der Waals surface area contributed by atoms with Gasteiger partial charge in [-0.1, -0.05) is 18.6 Å². The lowest BCUT2D eigenvalue weighted by atomic mass is 10.1. The molecule has 5 rings (SSSR count). The Hall–Kier alpha value is -3.06. The number of nitrogens with zero attached hydrogens (tertiary/aromatic N) is 2. The van der Waals surface area contributed by atoms with Gasteiger partial charge in [0.25, 0.3) is 0 Å². The minimum absolute atomic E-state index is 0.00859. The second-order valence-electron chi connectivity index (χ2n) is 9.76. The number of carbonyl (C=O) groups is 1. The highest BCUT2D eigenvalue weighted by molar-refractivity contribution is 7.86. The van der Waals surface area contributed by atoms with E-state index in [4.69, 9.17) is 9.02 Å². The summed E-state index contributed by atoms with van der Waals surface area (Å²) in [7, 11) is -4.18. The van der Waals surface area contributed by atoms with E-state index in [1.54, 1.807) is 30.3 Å². The summed E-state index contributed by atoms with van der Waals surface area (Å²) in [4.78, 5) is 15.0. The largest absolute Gasteiger partial charge is 0.382 e. The second-order valence-corrected chi connectivity index (χ2v) is 11.3. The number of anilines is 3. The standard InChI is InChI=1S/C26H36N6O5S/c33-26(27-14-17-31-15-4-1-5-16-31)30-25-29-23-8-2-3-9-24(23)32(25)37-38(34,35)22-12-10-20(11-13-22)28-19-21-7-6-18-36-21/h2-3,8-13,21,25,28-29H,1,4-7,14-19H2,(H2,27,30,33). The number of carbonyl (C=O) groups excluding carboxylic acids is 1. The van der Waals surface area contributed by atoms with Crippen LogP contribution in [0.1, 0.15) is 32.1 Å². The zero-order valence-corrected chi connectivity index (χ0v) is 22.2. The average molecular weight is 545 g/mol. The number of amides is 2. The summed E-state index contributed by atoms with van der Waals surface area (Å²) in [5.74, 6) is 0. The molecule has 2 atom stereocenters. The molecule has 0 spiro atoms. The van der Waals surface area contributed by atoms with Gasteiger partial charge in [-0.05, 0) is 75.2 Å². The number of para-hydroxylation sites is 2. The number of ether oxygens (including phenoxy) is 1. The average Bonchev–Trinajstić information content (AvgIpc) is 3.56. The van der Waals surface area contributed by atoms with Gasteiger partial charge in [-0.25, -0.2) is 4.79 Å². The fourth-order valence-corrected chi connectivity index (χ4v) is 5.86. The first kappa shape index (κ1) is 26.5. The summed E-state index contributed by atoms with van der Waals surface area (Å²) in [6.07, 6.45) is 4.97. The van der Waals surface area contributed by atoms with E-state index in [9.17, 15) is 13.2 Å². The molecule has 11 nitrogen and oxygen atoms in total. The molecule has 206 valence electrons. The maximum atomic E-state index is 13.2. The van der Waals surface area contributed by atoms with Crippen LogP contribution in [0.2, 0.25) is 0 Å². The molecule has 0 radical (unpaired) electrons. The van der Waals surface area contributed by atoms with E-state index in [2.05, 4.69) is 26.2 Å². The molecule has 3 aliphatic rings. The Morgan fingerprint density at radius 3 is 2.61 bits per heavy atom. The molecular weight excluding hydrogens is 508 g/mol. The molecule has 0 aromatic heterocycles. The summed E-state index contributed by atoms with van der Waals surface area (Å²) < 4.78 is 37.6. The second kappa shape index (κ2) is 12.2. The van der Waals surface area contributed by atoms with Crippen molar-refractivity contribution in [3.05, 3.63) is 48.5 Å². The number of hydrogen-bond acceptors (Lipinski definition) is 9. The Morgan fingerprint density at radius 1 is 1.05 bits per heavy atom. The van der Waals surface area contributed by atoms with Crippen molar-refractivity contribution in [1.29, 1.82) is 0 Å². The van der Waals surface area contributed by atoms with Crippen LogP contribution < -0.4 is 26.3 Å². The molecule has 3 heterocycles. The first-order chi connectivity index (χ1) is 18.5. The predicted octanol–water partition coefficient (Wildman–Crippen LogP) is 2.90. The molecule has 2 unspecified atom stereocenters. The Bertz CT molecular complexity index is 1180. The van der Waals surface area contributed by atoms with Crippen molar-refractivity contribution < 1.29 is 22.2 Å². The maximum Gasteiger partial charge on any atom is 0.317 e. The van der Waals surface area contributed by atoms with E-state index in [0.29, 0.717) is 24.5 Å². The fourth-order valence-electron chi connectivity index (χ4n) is 4.92. The number of hydrogen-bond donors (Lipinski definition) is 4. The third-order valence-electron chi connectivity index (χ3n) is 6.98. The van der Waals surface area contributed by atoms with Crippen molar-refractivity contribution in [2.24, 2.45) is 0 Å². The van der Waals surface area contributed by atoms with Gasteiger partial charge in [0.15, 0.2) is 0 Å². The Labute approximate surface area is 223 Å². The smallest absolute Gasteiger partial charge is 0.317 e. The highest BCUT2D eigenvalue weighted by Gasteiger charge is 2.35. The van der Waals surface area contributed by atoms with Crippen LogP contribution in [0.3, 0.4) is 0 Å². The molecule has 2 aromatic rings. The quantitative estimate of drug-likeness (QED) is 0.357. The molecule has 38 heavy (non-hydrogen) atoms. The van der Waals surface area contributed by atoms with Crippen molar-refractivity contribution in [3.63, 3.8) is 0 Å². The molecule has 3 aliphatic heterocycles. The lowest BCUT2D eigenvalue weighted by Crippen LogP contribution is -2.54. The minimum Gasteiger partial charge on any atom is -0.382 e. The third kappa shape index (κ3) is 6.68. The zero-order valence-electron chi connectivity index (χ0n) is 21.4. The number of rotatable bonds is 10. The van der Waals surface area contributed by atoms with Crippen LogP contribution in [0.5, 0.6) is 0 Å². The first-order valence-electron chi connectivity index (χ1n) is 13.3. The van der Waals surface area contributed by atoms with E-state index < -0.39 is 22.4 Å². The number of likely N-dealkylation sites (tertiary alicyclic amines) is 1. The van der Waals surface area contributed by atoms with Crippen molar-refractivity contribution in [2.75, 3.05) is 55.0 Å². The molecule has 2 aromatic carbocycles. The number of nitrogens with one attached hydrogen (secondary N) is 4. The SMILES string of the molecule is O=C(NCCN1CCCCC1)NC1Nc2ccccc2N1OS(=O)(=O)c1ccc(NCC2CCCO2)cc1. The van der Waals surface area contributed by atoms with Gasteiger partial charge < -0.3 is 25.6 Å². The van der Waals surface area contributed by atoms with Crippen LogP contribution in [0, 0.1) is 0 Å². The molecular formula is C26H36N6O5S. The molecule has 12 heteroatoms. The lowest BCUT2D eigenvalue weighted by molar-refractivity contribution is 0.120. The molecule has 0 bridgehead atoms. The Kier molecular flexibility index (Phi) is 8.52. The molecule has 2 saturated heterocycles. The number of piperidine rings is 1. The Morgan fingerprint density at radius 2 is 1.84 bits per heavy atom. The van der Waals surface area contributed by atoms with E-state index in [-0.39, 0.29) is 11.0 Å². The van der Waals surface area contributed by atoms with Crippen LogP contribution in [-0.2, 0) is 19.1 Å². The molecule has 4 N–H and O–H groups in total. The van der Waals surface area contributed by atoms with E-state index in [1.807, 2.05) is 6.07 Å². The van der Waals surface area contributed by atoms with Crippen LogP contribution in [0.25, 0.3) is 0 Å². The topological polar surface area (TPSA) is 124 Å². The fraction of sp³-hybridized carbons (Fsp3) is 0.500. The molecule has 2 fully saturated rings. The Balaban J connectivity index is 1.20. The first-order valence-corrected chi connectivity index (χ1v) is 14.7. The van der Waals surface area contributed by atoms with E-state index in [1.165, 1.54) is 36.5 Å². The summed E-state index contributed by atoms with van der Waals surface area (Å²) >= 11 is 0. The number of fused-ring (bicyclic) bond motifs is 1. The van der Waals surface area contributed by atoms with Crippen molar-refractivity contribution in [1.82, 2.24) is 15.5 Å². The van der Waals surface area contributed by atoms with Gasteiger partial charge >= 0.3 is 16.1 Å². The van der Waals surface area contributed by atoms with Gasteiger partial charge in [0.2, 0.25) is 6.29 Å². The number of hydroxylamine groups is 1. The lowest BCUT2D eigenvalue weighted by Gasteiger charge is -2.27. The monoisotopic (exact) mass is 544 g/mol. The molecule has 2 amide bonds. The summed E-state index contributed by atoms with van der Waals surface area (Å²) in [6, 6.07) is 13.1. The van der Waals surface area contributed by atoms with Crippen LogP contribution >= 0.6 is 0 Å². The van der Waals surface area contributed by atoms with Gasteiger partial charge in [0.1, 0.15) is 0 Å². The van der Waals surface area contributed by atoms with Gasteiger partial charge in [-0.15, -0.1) is 4.28 Å². The maximum absolute atomic E-state index is 13.2. The van der Waals surface area contributed by atoms with Crippen molar-refractivity contribution in [2.45, 2.75) is 49.4 Å². The van der Waals surface area contributed by atoms with Crippen LogP contribution in [0.4, 0.5) is 21.9 Å². The van der Waals surface area contributed by atoms with Gasteiger partial charge in [0.05, 0.1) is 22.4 Å². The highest BCUT2D eigenvalue weighted by atomic mass is 32.2. The molecule has 0 saturated carbocycles. The van der Waals surface area contributed by atoms with Crippen molar-refractivity contribution >= 4 is 33.2 Å². The van der Waals surface area contributed by atoms with Gasteiger partial charge in [-0.3, -0.25) is 5.32 Å². The zero-order chi connectivity index (χ0) is 26.4. The summed E-state index contributed by atoms with van der Waals surface area (Å²) in [5, 5.41) is 13.2. The van der Waals surface area contributed by atoms with E-state index >= 15 is 0 Å². The summed E-state index contributed by atoms with van der Waals surface area (Å²) in [5.41, 5.74) is 1.95. The van der Waals surface area contributed by atoms with Crippen LogP contribution in [0.15, 0.2) is 53.4 Å². The summed E-state index contributed by atoms with van der Waals surface area (Å²) in [6.45, 7) is 4.83. The number of urea groups is 1. The predicted molar refractivity (Wildman–Crippen MR) is 145 cm³/mol. The molecule has 0 aliphatic carbocycles. The third-order valence-corrected chi connectivity index (χ3v) is 8.18. The normalized spacial score (nSPS) is 21.5. The minimum atomic E-state index is -4.18. The number of benzene rings is 2. The van der Waals surface area contributed by atoms with Gasteiger partial charge in [-0.2, -0.15) is 13.5 Å². The van der Waals surface area contributed by atoms with E-state index in [0.717, 1.165) is 44.8 Å². The van der Waals surface area contributed by atoms with Gasteiger partial charge in [0, 0.05) is 31.9 Å². The van der Waals surface area contributed by atoms with Crippen molar-refractivity contribution in [3.8, 4) is 0 Å². The van der Waals surface area contributed by atoms with Crippen LogP contribution in [-0.4, -0.2) is 71.1 Å². The highest BCUT2D eigenvalue weighted by Crippen LogP contribution is 2.35.